The van der Waals surface area contributed by atoms with E-state index in [0.29, 0.717) is 16.7 Å². The van der Waals surface area contributed by atoms with Crippen LogP contribution in [-0.4, -0.2) is 11.0 Å². The Morgan fingerprint density at radius 3 is 2.85 bits per heavy atom. The van der Waals surface area contributed by atoms with E-state index in [4.69, 9.17) is 5.21 Å². The van der Waals surface area contributed by atoms with E-state index < -0.39 is 5.76 Å². The summed E-state index contributed by atoms with van der Waals surface area (Å²) in [6.45, 7) is 0.262. The molecule has 72 valence electrons. The summed E-state index contributed by atoms with van der Waals surface area (Å²) in [4.78, 5) is 0.503. The second-order valence-electron chi connectivity index (χ2n) is 2.36. The lowest BCUT2D eigenvalue weighted by Gasteiger charge is -2.02. The van der Waals surface area contributed by atoms with Crippen LogP contribution in [0.4, 0.5) is 8.78 Å². The summed E-state index contributed by atoms with van der Waals surface area (Å²) in [7, 11) is 0. The van der Waals surface area contributed by atoms with Gasteiger partial charge in [-0.1, -0.05) is 23.9 Å². The molecule has 0 amide bonds. The first kappa shape index (κ1) is 10.4. The number of thioether (sulfide) groups is 1. The minimum Gasteiger partial charge on any atom is -0.316 e. The zero-order valence-corrected chi connectivity index (χ0v) is 7.52. The Labute approximate surface area is 78.9 Å². The number of nitrogens with one attached hydrogen (secondary N) is 1. The average molecular weight is 205 g/mol. The van der Waals surface area contributed by atoms with Gasteiger partial charge in [0.05, 0.1) is 0 Å². The monoisotopic (exact) mass is 205 g/mol. The molecule has 0 aliphatic heterocycles. The molecule has 0 atom stereocenters. The van der Waals surface area contributed by atoms with Crippen molar-refractivity contribution in [3.8, 4) is 0 Å². The molecule has 0 saturated carbocycles. The Morgan fingerprint density at radius 1 is 1.46 bits per heavy atom. The van der Waals surface area contributed by atoms with Gasteiger partial charge in [-0.2, -0.15) is 8.78 Å². The Kier molecular flexibility index (Phi) is 4.14. The molecule has 2 N–H and O–H groups in total. The van der Waals surface area contributed by atoms with E-state index in [2.05, 4.69) is 0 Å². The molecule has 1 rings (SSSR count). The molecule has 0 unspecified atom stereocenters. The Bertz CT molecular complexity index is 270. The molecular weight excluding hydrogens is 196 g/mol. The summed E-state index contributed by atoms with van der Waals surface area (Å²) in [5.41, 5.74) is 2.74. The highest BCUT2D eigenvalue weighted by atomic mass is 32.2. The van der Waals surface area contributed by atoms with Crippen molar-refractivity contribution < 1.29 is 14.0 Å². The molecule has 0 radical (unpaired) electrons. The largest absolute Gasteiger partial charge is 0.316 e. The van der Waals surface area contributed by atoms with Gasteiger partial charge >= 0.3 is 0 Å². The van der Waals surface area contributed by atoms with E-state index in [0.717, 1.165) is 5.56 Å². The summed E-state index contributed by atoms with van der Waals surface area (Å²) < 4.78 is 23.9. The first-order valence-corrected chi connectivity index (χ1v) is 4.51. The van der Waals surface area contributed by atoms with Crippen molar-refractivity contribution in [1.29, 1.82) is 0 Å². The highest BCUT2D eigenvalue weighted by molar-refractivity contribution is 7.99. The van der Waals surface area contributed by atoms with E-state index in [-0.39, 0.29) is 6.54 Å². The molecule has 0 aliphatic carbocycles. The Balaban J connectivity index is 2.67. The van der Waals surface area contributed by atoms with Crippen molar-refractivity contribution in [3.05, 3.63) is 29.8 Å². The molecule has 0 spiro atoms. The fourth-order valence-corrected chi connectivity index (χ4v) is 1.51. The van der Waals surface area contributed by atoms with Gasteiger partial charge in [-0.3, -0.25) is 0 Å². The third kappa shape index (κ3) is 3.71. The third-order valence-corrected chi connectivity index (χ3v) is 2.11. The number of hydrogen-bond donors (Lipinski definition) is 2. The van der Waals surface area contributed by atoms with Crippen LogP contribution in [0.3, 0.4) is 0 Å². The maximum Gasteiger partial charge on any atom is 0.288 e. The predicted molar refractivity (Wildman–Crippen MR) is 46.9 cm³/mol. The summed E-state index contributed by atoms with van der Waals surface area (Å²) in [5, 5.41) is 8.39. The zero-order chi connectivity index (χ0) is 9.68. The highest BCUT2D eigenvalue weighted by Gasteiger charge is 2.04. The van der Waals surface area contributed by atoms with E-state index in [9.17, 15) is 8.78 Å². The van der Waals surface area contributed by atoms with Crippen molar-refractivity contribution in [2.75, 3.05) is 0 Å². The lowest BCUT2D eigenvalue weighted by Crippen LogP contribution is -2.05. The number of rotatable bonds is 4. The van der Waals surface area contributed by atoms with Crippen LogP contribution in [-0.2, 0) is 6.54 Å². The van der Waals surface area contributed by atoms with E-state index in [1.165, 1.54) is 0 Å². The smallest absolute Gasteiger partial charge is 0.288 e. The van der Waals surface area contributed by atoms with Crippen molar-refractivity contribution in [2.24, 2.45) is 0 Å². The van der Waals surface area contributed by atoms with Gasteiger partial charge in [0.15, 0.2) is 0 Å². The van der Waals surface area contributed by atoms with Gasteiger partial charge in [0.1, 0.15) is 0 Å². The Hall–Kier alpha value is -0.650. The van der Waals surface area contributed by atoms with Crippen molar-refractivity contribution in [1.82, 2.24) is 5.48 Å². The van der Waals surface area contributed by atoms with Crippen LogP contribution in [0.2, 0.25) is 0 Å². The molecule has 0 aliphatic rings. The fraction of sp³-hybridized carbons (Fsp3) is 0.250. The van der Waals surface area contributed by atoms with Crippen molar-refractivity contribution >= 4 is 11.8 Å². The number of hydroxylamine groups is 1. The first-order chi connectivity index (χ1) is 6.22. The molecule has 13 heavy (non-hydrogen) atoms. The first-order valence-electron chi connectivity index (χ1n) is 3.63. The Morgan fingerprint density at radius 2 is 2.23 bits per heavy atom. The summed E-state index contributed by atoms with van der Waals surface area (Å²) >= 11 is 0.496. The molecule has 0 heterocycles. The summed E-state index contributed by atoms with van der Waals surface area (Å²) in [6.07, 6.45) is 0. The highest BCUT2D eigenvalue weighted by Crippen LogP contribution is 2.25. The van der Waals surface area contributed by atoms with Gasteiger partial charge in [-0.05, 0) is 17.7 Å². The van der Waals surface area contributed by atoms with Crippen LogP contribution in [0.1, 0.15) is 5.56 Å². The number of alkyl halides is 2. The van der Waals surface area contributed by atoms with Gasteiger partial charge < -0.3 is 5.21 Å². The lowest BCUT2D eigenvalue weighted by molar-refractivity contribution is 0.161. The van der Waals surface area contributed by atoms with E-state index >= 15 is 0 Å². The third-order valence-electron chi connectivity index (χ3n) is 1.41. The maximum absolute atomic E-state index is 11.9. The van der Waals surface area contributed by atoms with Gasteiger partial charge in [0, 0.05) is 11.4 Å². The number of halogens is 2. The molecular formula is C8H9F2NOS. The zero-order valence-electron chi connectivity index (χ0n) is 6.71. The molecule has 2 nitrogen and oxygen atoms in total. The second kappa shape index (κ2) is 5.16. The molecule has 1 aromatic rings. The van der Waals surface area contributed by atoms with Gasteiger partial charge in [0.25, 0.3) is 5.76 Å². The topological polar surface area (TPSA) is 32.3 Å². The van der Waals surface area contributed by atoms with Crippen molar-refractivity contribution in [3.63, 3.8) is 0 Å². The van der Waals surface area contributed by atoms with Gasteiger partial charge in [0.2, 0.25) is 0 Å². The maximum atomic E-state index is 11.9. The van der Waals surface area contributed by atoms with Crippen LogP contribution >= 0.6 is 11.8 Å². The summed E-state index contributed by atoms with van der Waals surface area (Å²) in [6, 6.07) is 6.65. The molecule has 0 aromatic heterocycles. The van der Waals surface area contributed by atoms with Crippen LogP contribution in [0.5, 0.6) is 0 Å². The van der Waals surface area contributed by atoms with Crippen LogP contribution < -0.4 is 5.48 Å². The fourth-order valence-electron chi connectivity index (χ4n) is 0.923. The van der Waals surface area contributed by atoms with Gasteiger partial charge in [-0.25, -0.2) is 5.48 Å². The van der Waals surface area contributed by atoms with E-state index in [1.54, 1.807) is 24.3 Å². The normalized spacial score (nSPS) is 10.8. The van der Waals surface area contributed by atoms with Crippen LogP contribution in [0.15, 0.2) is 29.2 Å². The van der Waals surface area contributed by atoms with E-state index in [1.807, 2.05) is 5.48 Å². The standard InChI is InChI=1S/C8H9F2NOS/c9-8(10)13-7-3-1-2-6(4-7)5-11-12/h1-4,8,11-12H,5H2. The SMILES string of the molecule is ONCc1cccc(SC(F)F)c1. The quantitative estimate of drug-likeness (QED) is 0.585. The number of benzene rings is 1. The number of hydrogen-bond acceptors (Lipinski definition) is 3. The predicted octanol–water partition coefficient (Wildman–Crippen LogP) is 2.48. The van der Waals surface area contributed by atoms with Crippen molar-refractivity contribution in [2.45, 2.75) is 17.2 Å². The lowest BCUT2D eigenvalue weighted by atomic mass is 10.2. The minimum absolute atomic E-state index is 0.262. The molecule has 0 bridgehead atoms. The summed E-state index contributed by atoms with van der Waals surface area (Å²) in [5.74, 6) is -2.41. The second-order valence-corrected chi connectivity index (χ2v) is 3.42. The average Bonchev–Trinajstić information content (AvgIpc) is 2.04. The molecule has 0 fully saturated rings. The van der Waals surface area contributed by atoms with Crippen LogP contribution in [0, 0.1) is 0 Å². The van der Waals surface area contributed by atoms with Crippen LogP contribution in [0.25, 0.3) is 0 Å². The molecule has 5 heteroatoms. The molecule has 1 aromatic carbocycles. The molecule has 0 saturated heterocycles. The van der Waals surface area contributed by atoms with Gasteiger partial charge in [-0.15, -0.1) is 0 Å². The minimum atomic E-state index is -2.41.